The number of nitrogens with zero attached hydrogens (tertiary/aromatic N) is 1. The number of amidine groups is 1. The number of carbonyl (C=O) groups is 1. The van der Waals surface area contributed by atoms with E-state index in [0.717, 1.165) is 0 Å². The van der Waals surface area contributed by atoms with Gasteiger partial charge >= 0.3 is 0 Å². The molecule has 0 saturated carbocycles. The molecule has 0 bridgehead atoms. The largest absolute Gasteiger partial charge is 0.322 e. The van der Waals surface area contributed by atoms with Gasteiger partial charge in [0.05, 0.1) is 11.9 Å². The highest BCUT2D eigenvalue weighted by Gasteiger charge is 2.11. The van der Waals surface area contributed by atoms with Crippen molar-refractivity contribution in [3.63, 3.8) is 0 Å². The second-order valence-electron chi connectivity index (χ2n) is 2.71. The lowest BCUT2D eigenvalue weighted by molar-refractivity contribution is -0.114. The van der Waals surface area contributed by atoms with Crippen LogP contribution in [-0.2, 0) is 4.79 Å². The molecule has 16 heavy (non-hydrogen) atoms. The number of halogens is 2. The zero-order valence-corrected chi connectivity index (χ0v) is 9.38. The summed E-state index contributed by atoms with van der Waals surface area (Å²) in [6.07, 6.45) is 1.31. The first-order valence-electron chi connectivity index (χ1n) is 4.08. The van der Waals surface area contributed by atoms with Gasteiger partial charge < -0.3 is 5.32 Å². The molecule has 0 saturated heterocycles. The van der Waals surface area contributed by atoms with Gasteiger partial charge in [0.25, 0.3) is 5.91 Å². The van der Waals surface area contributed by atoms with Crippen LogP contribution in [0.15, 0.2) is 18.3 Å². The molecule has 1 aromatic rings. The Morgan fingerprint density at radius 3 is 2.62 bits per heavy atom. The number of aromatic nitrogens is 1. The highest BCUT2D eigenvalue weighted by Crippen LogP contribution is 2.09. The van der Waals surface area contributed by atoms with Gasteiger partial charge in [0.2, 0.25) is 0 Å². The predicted molar refractivity (Wildman–Crippen MR) is 60.1 cm³/mol. The summed E-state index contributed by atoms with van der Waals surface area (Å²) in [7, 11) is 0. The molecule has 8 heteroatoms. The maximum atomic E-state index is 11.1. The Labute approximate surface area is 101 Å². The van der Waals surface area contributed by atoms with Gasteiger partial charge in [-0.2, -0.15) is 0 Å². The van der Waals surface area contributed by atoms with E-state index in [1.54, 1.807) is 5.48 Å². The second kappa shape index (κ2) is 5.64. The van der Waals surface area contributed by atoms with Crippen LogP contribution in [0.2, 0.25) is 0 Å². The van der Waals surface area contributed by atoms with Crippen molar-refractivity contribution < 1.29 is 10.0 Å². The van der Waals surface area contributed by atoms with Gasteiger partial charge in [0, 0.05) is 0 Å². The topological polar surface area (TPSA) is 98.1 Å². The Kier molecular flexibility index (Phi) is 4.48. The van der Waals surface area contributed by atoms with Crippen LogP contribution in [0.3, 0.4) is 0 Å². The molecule has 4 N–H and O–H groups in total. The normalized spacial score (nSPS) is 10.0. The van der Waals surface area contributed by atoms with E-state index in [2.05, 4.69) is 10.3 Å². The van der Waals surface area contributed by atoms with Gasteiger partial charge in [0.1, 0.15) is 5.69 Å². The predicted octanol–water partition coefficient (Wildman–Crippen LogP) is 1.13. The molecule has 0 aliphatic rings. The van der Waals surface area contributed by atoms with E-state index < -0.39 is 10.7 Å². The van der Waals surface area contributed by atoms with Gasteiger partial charge in [-0.1, -0.05) is 23.2 Å². The SMILES string of the molecule is N=C(NO)c1ccc(NC(=O)C(Cl)Cl)cn1. The van der Waals surface area contributed by atoms with Crippen LogP contribution in [0.25, 0.3) is 0 Å². The first-order chi connectivity index (χ1) is 7.54. The number of hydrogen-bond acceptors (Lipinski definition) is 4. The minimum atomic E-state index is -1.16. The van der Waals surface area contributed by atoms with Crippen LogP contribution < -0.4 is 10.8 Å². The zero-order chi connectivity index (χ0) is 12.1. The maximum absolute atomic E-state index is 11.1. The van der Waals surface area contributed by atoms with Crippen LogP contribution in [0.4, 0.5) is 5.69 Å². The van der Waals surface area contributed by atoms with E-state index in [0.29, 0.717) is 5.69 Å². The second-order valence-corrected chi connectivity index (χ2v) is 3.81. The molecule has 0 radical (unpaired) electrons. The molecule has 1 amide bonds. The number of rotatable bonds is 3. The number of pyridine rings is 1. The van der Waals surface area contributed by atoms with Crippen LogP contribution in [0.1, 0.15) is 5.69 Å². The standard InChI is InChI=1S/C8H8Cl2N4O2/c9-6(10)8(15)13-4-1-2-5(12-3-4)7(11)14-16/h1-3,6,16H,(H2,11,14)(H,13,15). The first-order valence-corrected chi connectivity index (χ1v) is 4.96. The Morgan fingerprint density at radius 2 is 2.19 bits per heavy atom. The quantitative estimate of drug-likeness (QED) is 0.284. The van der Waals surface area contributed by atoms with Crippen molar-refractivity contribution in [2.45, 2.75) is 4.84 Å². The number of alkyl halides is 2. The molecule has 0 aromatic carbocycles. The number of hydroxylamine groups is 1. The monoisotopic (exact) mass is 262 g/mol. The van der Waals surface area contributed by atoms with Crippen molar-refractivity contribution in [1.82, 2.24) is 10.5 Å². The van der Waals surface area contributed by atoms with E-state index in [-0.39, 0.29) is 11.5 Å². The third-order valence-electron chi connectivity index (χ3n) is 1.60. The van der Waals surface area contributed by atoms with Crippen LogP contribution in [0.5, 0.6) is 0 Å². The number of amides is 1. The smallest absolute Gasteiger partial charge is 0.257 e. The molecule has 6 nitrogen and oxygen atoms in total. The summed E-state index contributed by atoms with van der Waals surface area (Å²) in [5, 5.41) is 18.1. The van der Waals surface area contributed by atoms with Crippen molar-refractivity contribution in [3.8, 4) is 0 Å². The lowest BCUT2D eigenvalue weighted by Gasteiger charge is -2.06. The average Bonchev–Trinajstić information content (AvgIpc) is 2.28. The van der Waals surface area contributed by atoms with E-state index >= 15 is 0 Å². The van der Waals surface area contributed by atoms with Crippen LogP contribution in [-0.4, -0.2) is 26.8 Å². The van der Waals surface area contributed by atoms with Crippen molar-refractivity contribution in [1.29, 1.82) is 5.41 Å². The molecule has 0 atom stereocenters. The maximum Gasteiger partial charge on any atom is 0.257 e. The van der Waals surface area contributed by atoms with E-state index in [1.165, 1.54) is 18.3 Å². The molecule has 86 valence electrons. The summed E-state index contributed by atoms with van der Waals surface area (Å²) >= 11 is 10.7. The van der Waals surface area contributed by atoms with E-state index in [4.69, 9.17) is 33.8 Å². The highest BCUT2D eigenvalue weighted by molar-refractivity contribution is 6.54. The Hall–Kier alpha value is -1.37. The van der Waals surface area contributed by atoms with E-state index in [1.807, 2.05) is 0 Å². The molecular formula is C8H8Cl2N4O2. The fourth-order valence-electron chi connectivity index (χ4n) is 0.870. The third-order valence-corrected chi connectivity index (χ3v) is 1.99. The minimum absolute atomic E-state index is 0.230. The molecule has 0 fully saturated rings. The molecule has 0 aliphatic carbocycles. The lowest BCUT2D eigenvalue weighted by Crippen LogP contribution is -2.21. The van der Waals surface area contributed by atoms with Gasteiger partial charge in [0.15, 0.2) is 10.7 Å². The minimum Gasteiger partial charge on any atom is -0.322 e. The number of anilines is 1. The van der Waals surface area contributed by atoms with E-state index in [9.17, 15) is 4.79 Å². The molecule has 1 heterocycles. The van der Waals surface area contributed by atoms with Gasteiger partial charge in [-0.25, -0.2) is 0 Å². The third kappa shape index (κ3) is 3.34. The molecule has 0 spiro atoms. The molecule has 0 unspecified atom stereocenters. The van der Waals surface area contributed by atoms with Crippen LogP contribution >= 0.6 is 23.2 Å². The van der Waals surface area contributed by atoms with Crippen molar-refractivity contribution in [3.05, 3.63) is 24.0 Å². The number of nitrogens with one attached hydrogen (secondary N) is 3. The van der Waals surface area contributed by atoms with Gasteiger partial charge in [-0.15, -0.1) is 0 Å². The molecule has 1 aromatic heterocycles. The van der Waals surface area contributed by atoms with Gasteiger partial charge in [-0.05, 0) is 12.1 Å². The molecular weight excluding hydrogens is 255 g/mol. The fourth-order valence-corrected chi connectivity index (χ4v) is 0.979. The van der Waals surface area contributed by atoms with Gasteiger partial charge in [-0.3, -0.25) is 25.9 Å². The number of carbonyl (C=O) groups excluding carboxylic acids is 1. The van der Waals surface area contributed by atoms with Crippen LogP contribution in [0, 0.1) is 5.41 Å². The summed E-state index contributed by atoms with van der Waals surface area (Å²) in [5.41, 5.74) is 2.28. The lowest BCUT2D eigenvalue weighted by atomic mass is 10.3. The Bertz CT molecular complexity index is 394. The van der Waals surface area contributed by atoms with Crippen molar-refractivity contribution >= 4 is 40.6 Å². The fraction of sp³-hybridized carbons (Fsp3) is 0.125. The summed E-state index contributed by atoms with van der Waals surface area (Å²) in [5.74, 6) is -0.807. The summed E-state index contributed by atoms with van der Waals surface area (Å²) in [6, 6.07) is 2.95. The Morgan fingerprint density at radius 1 is 1.50 bits per heavy atom. The number of hydrogen-bond donors (Lipinski definition) is 4. The summed E-state index contributed by atoms with van der Waals surface area (Å²) in [4.78, 5) is 13.7. The highest BCUT2D eigenvalue weighted by atomic mass is 35.5. The summed E-state index contributed by atoms with van der Waals surface area (Å²) < 4.78 is 0. The van der Waals surface area contributed by atoms with Crippen molar-refractivity contribution in [2.75, 3.05) is 5.32 Å². The first kappa shape index (κ1) is 12.7. The summed E-state index contributed by atoms with van der Waals surface area (Å²) in [6.45, 7) is 0. The average molecular weight is 263 g/mol. The molecule has 0 aliphatic heterocycles. The zero-order valence-electron chi connectivity index (χ0n) is 7.87. The van der Waals surface area contributed by atoms with Crippen molar-refractivity contribution in [2.24, 2.45) is 0 Å². The Balaban J connectivity index is 2.72. The molecule has 1 rings (SSSR count).